The van der Waals surface area contributed by atoms with Crippen LogP contribution >= 0.6 is 11.3 Å². The molecule has 0 saturated heterocycles. The van der Waals surface area contributed by atoms with E-state index in [2.05, 4.69) is 23.1 Å². The van der Waals surface area contributed by atoms with Crippen molar-refractivity contribution in [3.63, 3.8) is 0 Å². The maximum atomic E-state index is 11.7. The summed E-state index contributed by atoms with van der Waals surface area (Å²) >= 11 is 1.67. The number of thiophene rings is 1. The Bertz CT molecular complexity index is 471. The number of amides is 1. The molecular formula is C14H17N3OS. The van der Waals surface area contributed by atoms with E-state index in [0.29, 0.717) is 19.4 Å². The largest absolute Gasteiger partial charge is 0.354 e. The summed E-state index contributed by atoms with van der Waals surface area (Å²) in [5, 5.41) is 9.25. The van der Waals surface area contributed by atoms with E-state index in [0.717, 1.165) is 0 Å². The van der Waals surface area contributed by atoms with Crippen LogP contribution in [-0.2, 0) is 4.79 Å². The van der Waals surface area contributed by atoms with Gasteiger partial charge in [0.25, 0.3) is 0 Å². The molecule has 1 amide bonds. The van der Waals surface area contributed by atoms with Gasteiger partial charge in [0, 0.05) is 30.2 Å². The molecule has 1 unspecified atom stereocenters. The van der Waals surface area contributed by atoms with Crippen LogP contribution in [0.3, 0.4) is 0 Å². The highest BCUT2D eigenvalue weighted by molar-refractivity contribution is 7.10. The SMILES string of the molecule is C=CCCC(=O)NCC(c1cccs1)n1cccn1. The van der Waals surface area contributed by atoms with Gasteiger partial charge in [0.1, 0.15) is 6.04 Å². The monoisotopic (exact) mass is 275 g/mol. The Labute approximate surface area is 116 Å². The summed E-state index contributed by atoms with van der Waals surface area (Å²) in [6, 6.07) is 6.02. The van der Waals surface area contributed by atoms with Crippen LogP contribution in [0.5, 0.6) is 0 Å². The number of nitrogens with zero attached hydrogens (tertiary/aromatic N) is 2. The van der Waals surface area contributed by atoms with E-state index in [1.807, 2.05) is 28.4 Å². The molecule has 2 heterocycles. The lowest BCUT2D eigenvalue weighted by Crippen LogP contribution is -2.31. The number of nitrogens with one attached hydrogen (secondary N) is 1. The van der Waals surface area contributed by atoms with Gasteiger partial charge in [0.15, 0.2) is 0 Å². The number of hydrogen-bond acceptors (Lipinski definition) is 3. The van der Waals surface area contributed by atoms with E-state index in [4.69, 9.17) is 0 Å². The van der Waals surface area contributed by atoms with Crippen LogP contribution in [0.25, 0.3) is 0 Å². The van der Waals surface area contributed by atoms with Crippen LogP contribution in [0.1, 0.15) is 23.8 Å². The first-order valence-corrected chi connectivity index (χ1v) is 7.09. The maximum Gasteiger partial charge on any atom is 0.220 e. The smallest absolute Gasteiger partial charge is 0.220 e. The van der Waals surface area contributed by atoms with Gasteiger partial charge in [-0.2, -0.15) is 5.10 Å². The summed E-state index contributed by atoms with van der Waals surface area (Å²) in [5.74, 6) is 0.0496. The highest BCUT2D eigenvalue weighted by atomic mass is 32.1. The third-order valence-electron chi connectivity index (χ3n) is 2.78. The van der Waals surface area contributed by atoms with Crippen LogP contribution in [0.2, 0.25) is 0 Å². The van der Waals surface area contributed by atoms with Crippen molar-refractivity contribution in [1.29, 1.82) is 0 Å². The molecular weight excluding hydrogens is 258 g/mol. The summed E-state index contributed by atoms with van der Waals surface area (Å²) in [4.78, 5) is 12.8. The first kappa shape index (κ1) is 13.5. The second-order valence-corrected chi connectivity index (χ2v) is 5.13. The van der Waals surface area contributed by atoms with Crippen LogP contribution in [0.15, 0.2) is 48.6 Å². The number of carbonyl (C=O) groups excluding carboxylic acids is 1. The molecule has 0 aliphatic rings. The molecule has 0 aromatic carbocycles. The van der Waals surface area contributed by atoms with Gasteiger partial charge >= 0.3 is 0 Å². The van der Waals surface area contributed by atoms with E-state index >= 15 is 0 Å². The maximum absolute atomic E-state index is 11.7. The highest BCUT2D eigenvalue weighted by Crippen LogP contribution is 2.21. The lowest BCUT2D eigenvalue weighted by Gasteiger charge is -2.17. The molecule has 19 heavy (non-hydrogen) atoms. The summed E-state index contributed by atoms with van der Waals surface area (Å²) in [6.45, 7) is 4.17. The van der Waals surface area contributed by atoms with Crippen molar-refractivity contribution in [3.05, 3.63) is 53.5 Å². The molecule has 0 spiro atoms. The molecule has 2 aromatic rings. The summed E-state index contributed by atoms with van der Waals surface area (Å²) in [7, 11) is 0. The van der Waals surface area contributed by atoms with Gasteiger partial charge in [-0.05, 0) is 23.9 Å². The second kappa shape index (κ2) is 6.89. The van der Waals surface area contributed by atoms with Crippen molar-refractivity contribution in [2.45, 2.75) is 18.9 Å². The molecule has 4 nitrogen and oxygen atoms in total. The third kappa shape index (κ3) is 3.79. The average molecular weight is 275 g/mol. The molecule has 2 rings (SSSR count). The van der Waals surface area contributed by atoms with E-state index in [1.165, 1.54) is 4.88 Å². The van der Waals surface area contributed by atoms with Gasteiger partial charge in [-0.3, -0.25) is 9.48 Å². The fourth-order valence-electron chi connectivity index (χ4n) is 1.80. The number of hydrogen-bond donors (Lipinski definition) is 1. The quantitative estimate of drug-likeness (QED) is 0.790. The van der Waals surface area contributed by atoms with Crippen LogP contribution in [-0.4, -0.2) is 22.2 Å². The summed E-state index contributed by atoms with van der Waals surface area (Å²) in [5.41, 5.74) is 0. The van der Waals surface area contributed by atoms with Crippen molar-refractivity contribution in [2.24, 2.45) is 0 Å². The van der Waals surface area contributed by atoms with Gasteiger partial charge in [0.2, 0.25) is 5.91 Å². The molecule has 0 fully saturated rings. The molecule has 1 N–H and O–H groups in total. The zero-order valence-corrected chi connectivity index (χ0v) is 11.5. The van der Waals surface area contributed by atoms with Crippen LogP contribution < -0.4 is 5.32 Å². The van der Waals surface area contributed by atoms with Gasteiger partial charge in [-0.1, -0.05) is 12.1 Å². The lowest BCUT2D eigenvalue weighted by molar-refractivity contribution is -0.121. The van der Waals surface area contributed by atoms with Gasteiger partial charge in [0.05, 0.1) is 0 Å². The van der Waals surface area contributed by atoms with E-state index in [1.54, 1.807) is 23.6 Å². The number of rotatable bonds is 7. The van der Waals surface area contributed by atoms with Crippen LogP contribution in [0.4, 0.5) is 0 Å². The highest BCUT2D eigenvalue weighted by Gasteiger charge is 2.15. The third-order valence-corrected chi connectivity index (χ3v) is 3.76. The fraction of sp³-hybridized carbons (Fsp3) is 0.286. The summed E-state index contributed by atoms with van der Waals surface area (Å²) in [6.07, 6.45) is 6.61. The second-order valence-electron chi connectivity index (χ2n) is 4.15. The van der Waals surface area contributed by atoms with E-state index in [-0.39, 0.29) is 11.9 Å². The Kier molecular flexibility index (Phi) is 4.92. The van der Waals surface area contributed by atoms with E-state index in [9.17, 15) is 4.79 Å². The van der Waals surface area contributed by atoms with Crippen molar-refractivity contribution in [3.8, 4) is 0 Å². The number of carbonyl (C=O) groups is 1. The zero-order chi connectivity index (χ0) is 13.5. The molecule has 0 saturated carbocycles. The lowest BCUT2D eigenvalue weighted by atomic mass is 10.2. The zero-order valence-electron chi connectivity index (χ0n) is 10.7. The molecule has 2 aromatic heterocycles. The molecule has 0 aliphatic heterocycles. The van der Waals surface area contributed by atoms with Gasteiger partial charge in [-0.25, -0.2) is 0 Å². The standard InChI is InChI=1S/C14H17N3OS/c1-2-3-7-14(18)15-11-12(13-6-4-10-19-13)17-9-5-8-16-17/h2,4-6,8-10,12H,1,3,7,11H2,(H,15,18). The number of allylic oxidation sites excluding steroid dienone is 1. The Hall–Kier alpha value is -1.88. The molecule has 100 valence electrons. The summed E-state index contributed by atoms with van der Waals surface area (Å²) < 4.78 is 1.87. The van der Waals surface area contributed by atoms with Crippen molar-refractivity contribution in [2.75, 3.05) is 6.54 Å². The van der Waals surface area contributed by atoms with E-state index < -0.39 is 0 Å². The van der Waals surface area contributed by atoms with Gasteiger partial charge in [-0.15, -0.1) is 17.9 Å². The fourth-order valence-corrected chi connectivity index (χ4v) is 2.62. The Morgan fingerprint density at radius 1 is 1.58 bits per heavy atom. The molecule has 0 aliphatic carbocycles. The van der Waals surface area contributed by atoms with Gasteiger partial charge < -0.3 is 5.32 Å². The Balaban J connectivity index is 2.00. The minimum atomic E-state index is 0.0496. The Morgan fingerprint density at radius 3 is 3.11 bits per heavy atom. The molecule has 1 atom stereocenters. The normalized spacial score (nSPS) is 12.0. The topological polar surface area (TPSA) is 46.9 Å². The molecule has 0 bridgehead atoms. The predicted molar refractivity (Wildman–Crippen MR) is 77.1 cm³/mol. The van der Waals surface area contributed by atoms with Crippen molar-refractivity contribution in [1.82, 2.24) is 15.1 Å². The predicted octanol–water partition coefficient (Wildman–Crippen LogP) is 2.62. The number of aromatic nitrogens is 2. The average Bonchev–Trinajstić information content (AvgIpc) is 3.09. The van der Waals surface area contributed by atoms with Crippen LogP contribution in [0, 0.1) is 0 Å². The minimum absolute atomic E-state index is 0.0496. The first-order valence-electron chi connectivity index (χ1n) is 6.21. The van der Waals surface area contributed by atoms with Crippen molar-refractivity contribution >= 4 is 17.2 Å². The van der Waals surface area contributed by atoms with Crippen molar-refractivity contribution < 1.29 is 4.79 Å². The Morgan fingerprint density at radius 2 is 2.47 bits per heavy atom. The molecule has 5 heteroatoms. The minimum Gasteiger partial charge on any atom is -0.354 e. The first-order chi connectivity index (χ1) is 9.31. The molecule has 0 radical (unpaired) electrons.